The maximum atomic E-state index is 13.5. The van der Waals surface area contributed by atoms with Crippen molar-refractivity contribution in [1.82, 2.24) is 0 Å². The maximum absolute atomic E-state index is 13.5. The second-order valence-corrected chi connectivity index (χ2v) is 4.10. The molecule has 0 spiro atoms. The zero-order chi connectivity index (χ0) is 14.0. The Labute approximate surface area is 108 Å². The molecule has 0 aliphatic carbocycles. The fourth-order valence-corrected chi connectivity index (χ4v) is 1.75. The predicted molar refractivity (Wildman–Crippen MR) is 65.6 cm³/mol. The minimum atomic E-state index is -1.63. The number of benzene rings is 2. The second-order valence-electron chi connectivity index (χ2n) is 4.10. The Morgan fingerprint density at radius 3 is 2.16 bits per heavy atom. The van der Waals surface area contributed by atoms with Gasteiger partial charge in [-0.25, -0.2) is 13.2 Å². The van der Waals surface area contributed by atoms with Crippen molar-refractivity contribution in [3.63, 3.8) is 0 Å². The first-order valence-electron chi connectivity index (χ1n) is 5.81. The number of halogens is 3. The third-order valence-corrected chi connectivity index (χ3v) is 2.90. The molecule has 4 heteroatoms. The zero-order valence-electron chi connectivity index (χ0n) is 10.2. The van der Waals surface area contributed by atoms with Gasteiger partial charge in [0.2, 0.25) is 0 Å². The molecule has 0 radical (unpaired) electrons. The molecule has 0 atom stereocenters. The van der Waals surface area contributed by atoms with Gasteiger partial charge in [0.1, 0.15) is 0 Å². The molecule has 1 nitrogen and oxygen atoms in total. The summed E-state index contributed by atoms with van der Waals surface area (Å²) in [5, 5.41) is 0. The summed E-state index contributed by atoms with van der Waals surface area (Å²) in [4.78, 5) is 12.0. The van der Waals surface area contributed by atoms with Gasteiger partial charge in [-0.3, -0.25) is 4.79 Å². The van der Waals surface area contributed by atoms with E-state index < -0.39 is 28.8 Å². The van der Waals surface area contributed by atoms with Gasteiger partial charge in [0.05, 0.1) is 5.56 Å². The number of hydrogen-bond acceptors (Lipinski definition) is 1. The van der Waals surface area contributed by atoms with Crippen LogP contribution in [0.15, 0.2) is 36.4 Å². The van der Waals surface area contributed by atoms with Gasteiger partial charge in [-0.2, -0.15) is 0 Å². The van der Waals surface area contributed by atoms with E-state index in [0.717, 1.165) is 24.1 Å². The summed E-state index contributed by atoms with van der Waals surface area (Å²) in [7, 11) is 0. The lowest BCUT2D eigenvalue weighted by atomic mass is 10.0. The zero-order valence-corrected chi connectivity index (χ0v) is 10.2. The molecular formula is C15H11F3O. The van der Waals surface area contributed by atoms with Gasteiger partial charge in [0.25, 0.3) is 0 Å². The number of hydrogen-bond donors (Lipinski definition) is 0. The van der Waals surface area contributed by atoms with Crippen LogP contribution in [0.5, 0.6) is 0 Å². The maximum Gasteiger partial charge on any atom is 0.196 e. The van der Waals surface area contributed by atoms with Crippen LogP contribution in [-0.4, -0.2) is 5.78 Å². The lowest BCUT2D eigenvalue weighted by Gasteiger charge is -2.05. The quantitative estimate of drug-likeness (QED) is 0.607. The molecule has 19 heavy (non-hydrogen) atoms. The van der Waals surface area contributed by atoms with Crippen molar-refractivity contribution in [3.05, 3.63) is 70.5 Å². The van der Waals surface area contributed by atoms with Crippen LogP contribution < -0.4 is 0 Å². The predicted octanol–water partition coefficient (Wildman–Crippen LogP) is 3.90. The second kappa shape index (κ2) is 5.26. The molecule has 0 aliphatic rings. The molecule has 98 valence electrons. The molecule has 0 unspecified atom stereocenters. The summed E-state index contributed by atoms with van der Waals surface area (Å²) in [5.74, 6) is -5.06. The van der Waals surface area contributed by atoms with E-state index in [9.17, 15) is 18.0 Å². The standard InChI is InChI=1S/C15H11F3O/c1-2-9-3-5-10(6-4-9)15(19)11-7-8-12(16)14(18)13(11)17/h3-8H,2H2,1H3. The molecular weight excluding hydrogens is 253 g/mol. The monoisotopic (exact) mass is 264 g/mol. The van der Waals surface area contributed by atoms with Gasteiger partial charge in [0.15, 0.2) is 23.2 Å². The largest absolute Gasteiger partial charge is 0.288 e. The van der Waals surface area contributed by atoms with Gasteiger partial charge in [-0.1, -0.05) is 31.2 Å². The van der Waals surface area contributed by atoms with Crippen LogP contribution in [-0.2, 0) is 6.42 Å². The Morgan fingerprint density at radius 2 is 1.58 bits per heavy atom. The van der Waals surface area contributed by atoms with E-state index in [1.54, 1.807) is 24.3 Å². The Bertz CT molecular complexity index is 618. The van der Waals surface area contributed by atoms with Gasteiger partial charge in [-0.05, 0) is 24.1 Å². The molecule has 2 aromatic carbocycles. The van der Waals surface area contributed by atoms with E-state index in [1.807, 2.05) is 6.92 Å². The van der Waals surface area contributed by atoms with Crippen LogP contribution in [0.25, 0.3) is 0 Å². The van der Waals surface area contributed by atoms with Gasteiger partial charge in [0, 0.05) is 5.56 Å². The molecule has 0 saturated carbocycles. The van der Waals surface area contributed by atoms with E-state index in [0.29, 0.717) is 0 Å². The van der Waals surface area contributed by atoms with Gasteiger partial charge >= 0.3 is 0 Å². The number of aryl methyl sites for hydroxylation is 1. The molecule has 0 aliphatic heterocycles. The van der Waals surface area contributed by atoms with Crippen molar-refractivity contribution in [2.45, 2.75) is 13.3 Å². The van der Waals surface area contributed by atoms with Gasteiger partial charge < -0.3 is 0 Å². The van der Waals surface area contributed by atoms with Crippen molar-refractivity contribution < 1.29 is 18.0 Å². The Balaban J connectivity index is 2.41. The first kappa shape index (κ1) is 13.3. The molecule has 2 rings (SSSR count). The van der Waals surface area contributed by atoms with Crippen LogP contribution in [0, 0.1) is 17.5 Å². The highest BCUT2D eigenvalue weighted by Gasteiger charge is 2.19. The summed E-state index contributed by atoms with van der Waals surface area (Å²) in [6.45, 7) is 1.96. The normalized spacial score (nSPS) is 10.5. The lowest BCUT2D eigenvalue weighted by molar-refractivity contribution is 0.103. The fraction of sp³-hybridized carbons (Fsp3) is 0.133. The van der Waals surface area contributed by atoms with E-state index >= 15 is 0 Å². The van der Waals surface area contributed by atoms with E-state index in [2.05, 4.69) is 0 Å². The highest BCUT2D eigenvalue weighted by molar-refractivity contribution is 6.09. The Hall–Kier alpha value is -2.10. The summed E-state index contributed by atoms with van der Waals surface area (Å²) in [6.07, 6.45) is 0.813. The van der Waals surface area contributed by atoms with Crippen molar-refractivity contribution >= 4 is 5.78 Å². The van der Waals surface area contributed by atoms with Crippen LogP contribution in [0.4, 0.5) is 13.2 Å². The minimum Gasteiger partial charge on any atom is -0.288 e. The number of carbonyl (C=O) groups excluding carboxylic acids is 1. The third kappa shape index (κ3) is 2.52. The van der Waals surface area contributed by atoms with Crippen molar-refractivity contribution in [2.24, 2.45) is 0 Å². The molecule has 0 amide bonds. The lowest BCUT2D eigenvalue weighted by Crippen LogP contribution is -2.07. The first-order valence-corrected chi connectivity index (χ1v) is 5.81. The number of carbonyl (C=O) groups is 1. The van der Waals surface area contributed by atoms with E-state index in [1.165, 1.54) is 0 Å². The van der Waals surface area contributed by atoms with Crippen molar-refractivity contribution in [2.75, 3.05) is 0 Å². The molecule has 2 aromatic rings. The first-order chi connectivity index (χ1) is 9.04. The minimum absolute atomic E-state index is 0.238. The Morgan fingerprint density at radius 1 is 0.947 bits per heavy atom. The molecule has 0 saturated heterocycles. The van der Waals surface area contributed by atoms with Crippen molar-refractivity contribution in [1.29, 1.82) is 0 Å². The number of ketones is 1. The highest BCUT2D eigenvalue weighted by atomic mass is 19.2. The molecule has 0 aromatic heterocycles. The van der Waals surface area contributed by atoms with Crippen LogP contribution in [0.2, 0.25) is 0 Å². The van der Waals surface area contributed by atoms with Crippen LogP contribution >= 0.6 is 0 Å². The van der Waals surface area contributed by atoms with E-state index in [-0.39, 0.29) is 5.56 Å². The molecule has 0 bridgehead atoms. The van der Waals surface area contributed by atoms with Crippen LogP contribution in [0.1, 0.15) is 28.4 Å². The summed E-state index contributed by atoms with van der Waals surface area (Å²) >= 11 is 0. The van der Waals surface area contributed by atoms with Crippen LogP contribution in [0.3, 0.4) is 0 Å². The summed E-state index contributed by atoms with van der Waals surface area (Å²) in [5.41, 5.74) is 0.799. The topological polar surface area (TPSA) is 17.1 Å². The smallest absolute Gasteiger partial charge is 0.196 e. The van der Waals surface area contributed by atoms with Crippen molar-refractivity contribution in [3.8, 4) is 0 Å². The summed E-state index contributed by atoms with van der Waals surface area (Å²) < 4.78 is 39.4. The Kier molecular flexibility index (Phi) is 3.69. The fourth-order valence-electron chi connectivity index (χ4n) is 1.75. The molecule has 0 heterocycles. The third-order valence-electron chi connectivity index (χ3n) is 2.90. The SMILES string of the molecule is CCc1ccc(C(=O)c2ccc(F)c(F)c2F)cc1. The average molecular weight is 264 g/mol. The van der Waals surface area contributed by atoms with Gasteiger partial charge in [-0.15, -0.1) is 0 Å². The average Bonchev–Trinajstić information content (AvgIpc) is 2.44. The molecule has 0 fully saturated rings. The summed E-state index contributed by atoms with van der Waals surface area (Å²) in [6, 6.07) is 8.26. The van der Waals surface area contributed by atoms with E-state index in [4.69, 9.17) is 0 Å². The number of rotatable bonds is 3. The molecule has 0 N–H and O–H groups in total. The highest BCUT2D eigenvalue weighted by Crippen LogP contribution is 2.19.